The molecular weight excluding hydrogens is 544 g/mol. The van der Waals surface area contributed by atoms with Crippen LogP contribution in [0.5, 0.6) is 11.6 Å². The fourth-order valence-corrected chi connectivity index (χ4v) is 6.29. The van der Waals surface area contributed by atoms with Gasteiger partial charge >= 0.3 is 0 Å². The molecule has 2 aromatic carbocycles. The van der Waals surface area contributed by atoms with Crippen molar-refractivity contribution in [2.75, 3.05) is 39.9 Å². The van der Waals surface area contributed by atoms with Crippen LogP contribution in [0.15, 0.2) is 72.9 Å². The summed E-state index contributed by atoms with van der Waals surface area (Å²) in [6.45, 7) is 3.30. The zero-order valence-corrected chi connectivity index (χ0v) is 24.5. The van der Waals surface area contributed by atoms with E-state index >= 15 is 0 Å². The lowest BCUT2D eigenvalue weighted by Gasteiger charge is -2.35. The van der Waals surface area contributed by atoms with E-state index in [1.807, 2.05) is 53.4 Å². The minimum atomic E-state index is -0.474. The number of benzene rings is 2. The quantitative estimate of drug-likeness (QED) is 0.296. The van der Waals surface area contributed by atoms with Crippen molar-refractivity contribution in [2.24, 2.45) is 11.7 Å². The maximum absolute atomic E-state index is 13.9. The van der Waals surface area contributed by atoms with Crippen LogP contribution in [0.4, 0.5) is 0 Å². The molecule has 2 amide bonds. The number of fused-ring (bicyclic) bond motifs is 1. The Balaban J connectivity index is 1.16. The van der Waals surface area contributed by atoms with Gasteiger partial charge in [0.15, 0.2) is 0 Å². The van der Waals surface area contributed by atoms with Gasteiger partial charge in [-0.25, -0.2) is 9.97 Å². The van der Waals surface area contributed by atoms with E-state index in [4.69, 9.17) is 20.2 Å². The number of para-hydroxylation sites is 3. The van der Waals surface area contributed by atoms with E-state index in [0.717, 1.165) is 42.7 Å². The number of imidazole rings is 1. The second-order valence-electron chi connectivity index (χ2n) is 11.3. The third-order valence-electron chi connectivity index (χ3n) is 8.44. The van der Waals surface area contributed by atoms with Crippen LogP contribution in [-0.2, 0) is 16.1 Å². The number of nitrogens with two attached hydrogens (primary N) is 1. The summed E-state index contributed by atoms with van der Waals surface area (Å²) in [4.78, 5) is 40.4. The number of carbonyl (C=O) groups excluding carboxylic acids is 2. The topological polar surface area (TPSA) is 116 Å². The van der Waals surface area contributed by atoms with E-state index in [-0.39, 0.29) is 30.2 Å². The lowest BCUT2D eigenvalue weighted by molar-refractivity contribution is -0.136. The molecule has 2 N–H and O–H groups in total. The Morgan fingerprint density at radius 2 is 1.79 bits per heavy atom. The van der Waals surface area contributed by atoms with Crippen molar-refractivity contribution in [3.8, 4) is 11.6 Å². The van der Waals surface area contributed by atoms with Gasteiger partial charge < -0.3 is 29.6 Å². The van der Waals surface area contributed by atoms with Gasteiger partial charge in [0, 0.05) is 64.6 Å². The van der Waals surface area contributed by atoms with Crippen molar-refractivity contribution in [2.45, 2.75) is 37.8 Å². The average Bonchev–Trinajstić information content (AvgIpc) is 3.62. The van der Waals surface area contributed by atoms with E-state index in [1.54, 1.807) is 30.3 Å². The number of aromatic nitrogens is 3. The Kier molecular flexibility index (Phi) is 8.67. The number of methoxy groups -OCH3 is 1. The minimum Gasteiger partial charge on any atom is -0.438 e. The molecular formula is C33H38N6O4. The molecule has 0 aliphatic carbocycles. The lowest BCUT2D eigenvalue weighted by Crippen LogP contribution is -2.47. The number of pyridine rings is 1. The Labute approximate surface area is 251 Å². The molecule has 0 bridgehead atoms. The number of aryl methyl sites for hydroxylation is 1. The van der Waals surface area contributed by atoms with Crippen LogP contribution in [0.3, 0.4) is 0 Å². The zero-order chi connectivity index (χ0) is 29.8. The van der Waals surface area contributed by atoms with Crippen LogP contribution < -0.4 is 10.5 Å². The zero-order valence-electron chi connectivity index (χ0n) is 24.5. The van der Waals surface area contributed by atoms with Gasteiger partial charge in [-0.1, -0.05) is 30.3 Å². The summed E-state index contributed by atoms with van der Waals surface area (Å²) in [5.74, 6) is 1.24. The molecule has 2 aliphatic heterocycles. The van der Waals surface area contributed by atoms with Crippen LogP contribution in [0, 0.1) is 5.92 Å². The molecule has 43 heavy (non-hydrogen) atoms. The van der Waals surface area contributed by atoms with Gasteiger partial charge in [-0.05, 0) is 55.7 Å². The molecule has 0 saturated carbocycles. The van der Waals surface area contributed by atoms with Crippen LogP contribution in [-0.4, -0.2) is 82.1 Å². The number of hydrogen-bond donors (Lipinski definition) is 1. The van der Waals surface area contributed by atoms with Gasteiger partial charge in [0.05, 0.1) is 17.0 Å². The van der Waals surface area contributed by atoms with Crippen molar-refractivity contribution in [3.05, 3.63) is 84.3 Å². The highest BCUT2D eigenvalue weighted by Crippen LogP contribution is 2.32. The number of hydrogen-bond acceptors (Lipinski definition) is 7. The summed E-state index contributed by atoms with van der Waals surface area (Å²) >= 11 is 0. The summed E-state index contributed by atoms with van der Waals surface area (Å²) in [7, 11) is 1.72. The SMILES string of the molecule is COCCCn1c([C@@H]2CCCN(C(=O)C3CN(C(=O)c4cccnc4Oc4ccccc4)C[C@H]3N)C2)nc2ccccc21. The average molecular weight is 583 g/mol. The van der Waals surface area contributed by atoms with E-state index in [0.29, 0.717) is 37.6 Å². The first-order valence-corrected chi connectivity index (χ1v) is 15.0. The maximum Gasteiger partial charge on any atom is 0.259 e. The standard InChI is InChI=1S/C33H38N6O4/c1-42-19-9-18-39-29-15-6-5-14-28(29)36-30(39)23-10-8-17-37(20-23)33(41)26-21-38(22-27(26)34)32(40)25-13-7-16-35-31(25)43-24-11-3-2-4-12-24/h2-7,11-16,23,26-27H,8-10,17-22,34H2,1H3/t23-,26?,27-/m1/s1. The molecule has 0 spiro atoms. The number of piperidine rings is 1. The predicted molar refractivity (Wildman–Crippen MR) is 163 cm³/mol. The molecule has 0 radical (unpaired) electrons. The van der Waals surface area contributed by atoms with Crippen LogP contribution in [0.2, 0.25) is 0 Å². The number of ether oxygens (including phenoxy) is 2. The molecule has 224 valence electrons. The summed E-state index contributed by atoms with van der Waals surface area (Å²) in [6, 6.07) is 20.4. The first kappa shape index (κ1) is 28.8. The van der Waals surface area contributed by atoms with Gasteiger partial charge in [-0.2, -0.15) is 0 Å². The molecule has 6 rings (SSSR count). The van der Waals surface area contributed by atoms with Crippen molar-refractivity contribution in [3.63, 3.8) is 0 Å². The van der Waals surface area contributed by atoms with Gasteiger partial charge in [-0.15, -0.1) is 0 Å². The molecule has 2 saturated heterocycles. The second-order valence-corrected chi connectivity index (χ2v) is 11.3. The predicted octanol–water partition coefficient (Wildman–Crippen LogP) is 4.07. The minimum absolute atomic E-state index is 0.00138. The number of likely N-dealkylation sites (tertiary alicyclic amines) is 2. The first-order chi connectivity index (χ1) is 21.0. The molecule has 10 nitrogen and oxygen atoms in total. The van der Waals surface area contributed by atoms with E-state index in [9.17, 15) is 9.59 Å². The number of amides is 2. The van der Waals surface area contributed by atoms with Gasteiger partial charge in [0.1, 0.15) is 17.1 Å². The van der Waals surface area contributed by atoms with Crippen LogP contribution in [0.1, 0.15) is 41.4 Å². The fraction of sp³-hybridized carbons (Fsp3) is 0.394. The number of nitrogens with zero attached hydrogens (tertiary/aromatic N) is 5. The third kappa shape index (κ3) is 6.11. The molecule has 4 aromatic rings. The van der Waals surface area contributed by atoms with Crippen molar-refractivity contribution < 1.29 is 19.1 Å². The molecule has 2 aliphatic rings. The number of carbonyl (C=O) groups is 2. The smallest absolute Gasteiger partial charge is 0.259 e. The number of rotatable bonds is 9. The van der Waals surface area contributed by atoms with Gasteiger partial charge in [0.2, 0.25) is 11.8 Å². The monoisotopic (exact) mass is 582 g/mol. The van der Waals surface area contributed by atoms with Crippen LogP contribution in [0.25, 0.3) is 11.0 Å². The first-order valence-electron chi connectivity index (χ1n) is 15.0. The van der Waals surface area contributed by atoms with Crippen molar-refractivity contribution in [1.82, 2.24) is 24.3 Å². The second kappa shape index (κ2) is 12.9. The van der Waals surface area contributed by atoms with E-state index < -0.39 is 12.0 Å². The van der Waals surface area contributed by atoms with Crippen molar-refractivity contribution in [1.29, 1.82) is 0 Å². The summed E-state index contributed by atoms with van der Waals surface area (Å²) in [5.41, 5.74) is 8.95. The van der Waals surface area contributed by atoms with Gasteiger partial charge in [0.25, 0.3) is 5.91 Å². The molecule has 2 fully saturated rings. The Morgan fingerprint density at radius 1 is 0.977 bits per heavy atom. The highest BCUT2D eigenvalue weighted by atomic mass is 16.5. The van der Waals surface area contributed by atoms with E-state index in [1.165, 1.54) is 0 Å². The highest BCUT2D eigenvalue weighted by molar-refractivity contribution is 5.97. The molecule has 1 unspecified atom stereocenters. The van der Waals surface area contributed by atoms with Gasteiger partial charge in [-0.3, -0.25) is 9.59 Å². The Bertz CT molecular complexity index is 1570. The lowest BCUT2D eigenvalue weighted by atomic mass is 9.94. The summed E-state index contributed by atoms with van der Waals surface area (Å²) < 4.78 is 13.5. The highest BCUT2D eigenvalue weighted by Gasteiger charge is 2.41. The normalized spacial score (nSPS) is 20.5. The molecule has 4 heterocycles. The summed E-state index contributed by atoms with van der Waals surface area (Å²) in [6.07, 6.45) is 4.33. The maximum atomic E-state index is 13.9. The van der Waals surface area contributed by atoms with E-state index in [2.05, 4.69) is 15.6 Å². The summed E-state index contributed by atoms with van der Waals surface area (Å²) in [5, 5.41) is 0. The molecule has 10 heteroatoms. The third-order valence-corrected chi connectivity index (χ3v) is 8.44. The largest absolute Gasteiger partial charge is 0.438 e. The Morgan fingerprint density at radius 3 is 2.63 bits per heavy atom. The molecule has 3 atom stereocenters. The Hall–Kier alpha value is -4.28. The molecule has 2 aromatic heterocycles. The van der Waals surface area contributed by atoms with Crippen LogP contribution >= 0.6 is 0 Å². The fourth-order valence-electron chi connectivity index (χ4n) is 6.29. The van der Waals surface area contributed by atoms with Crippen molar-refractivity contribution >= 4 is 22.8 Å².